The molecular weight excluding hydrogens is 284 g/mol. The summed E-state index contributed by atoms with van der Waals surface area (Å²) < 4.78 is 10.7. The van der Waals surface area contributed by atoms with Crippen molar-refractivity contribution < 1.29 is 13.9 Å². The molecule has 0 saturated carbocycles. The molecule has 1 aliphatic rings. The molecular formula is C15H20N4O3. The van der Waals surface area contributed by atoms with Crippen molar-refractivity contribution in [3.05, 3.63) is 24.3 Å². The number of hydrogen-bond donors (Lipinski definition) is 1. The molecule has 1 aromatic heterocycles. The molecule has 0 aliphatic carbocycles. The van der Waals surface area contributed by atoms with Crippen molar-refractivity contribution >= 4 is 23.0 Å². The van der Waals surface area contributed by atoms with E-state index in [1.54, 1.807) is 12.0 Å². The maximum Gasteiger partial charge on any atom is 0.298 e. The first kappa shape index (κ1) is 14.8. The monoisotopic (exact) mass is 304 g/mol. The number of carbonyl (C=O) groups is 1. The van der Waals surface area contributed by atoms with E-state index in [0.717, 1.165) is 11.1 Å². The first-order valence-corrected chi connectivity index (χ1v) is 7.33. The first-order valence-electron chi connectivity index (χ1n) is 7.33. The number of aromatic nitrogens is 1. The molecule has 0 spiro atoms. The molecule has 118 valence electrons. The highest BCUT2D eigenvalue weighted by Crippen LogP contribution is 2.22. The zero-order valence-electron chi connectivity index (χ0n) is 12.6. The van der Waals surface area contributed by atoms with Crippen LogP contribution in [0.4, 0.5) is 6.01 Å². The second kappa shape index (κ2) is 6.33. The molecule has 2 aromatic rings. The number of hydrogen-bond acceptors (Lipinski definition) is 6. The van der Waals surface area contributed by atoms with Gasteiger partial charge in [-0.15, -0.1) is 0 Å². The lowest BCUT2D eigenvalue weighted by Crippen LogP contribution is -2.54. The summed E-state index contributed by atoms with van der Waals surface area (Å²) in [5.41, 5.74) is 7.42. The molecule has 1 aliphatic heterocycles. The van der Waals surface area contributed by atoms with Gasteiger partial charge in [0.1, 0.15) is 11.6 Å². The Kier molecular flexibility index (Phi) is 4.26. The highest BCUT2D eigenvalue weighted by Gasteiger charge is 2.26. The standard InChI is InChI=1S/C15H20N4O3/c1-21-10-11(16)14(20)18-6-8-19(9-7-18)15-17-12-4-2-3-5-13(12)22-15/h2-5,11H,6-10,16H2,1H3. The molecule has 1 saturated heterocycles. The lowest BCUT2D eigenvalue weighted by molar-refractivity contribution is -0.134. The largest absolute Gasteiger partial charge is 0.423 e. The van der Waals surface area contributed by atoms with Crippen molar-refractivity contribution in [2.75, 3.05) is 44.8 Å². The van der Waals surface area contributed by atoms with Crippen LogP contribution in [0.1, 0.15) is 0 Å². The Morgan fingerprint density at radius 2 is 2.09 bits per heavy atom. The minimum Gasteiger partial charge on any atom is -0.423 e. The summed E-state index contributed by atoms with van der Waals surface area (Å²) in [6, 6.07) is 7.68. The van der Waals surface area contributed by atoms with Gasteiger partial charge in [-0.3, -0.25) is 4.79 Å². The average molecular weight is 304 g/mol. The van der Waals surface area contributed by atoms with E-state index in [1.807, 2.05) is 29.2 Å². The fourth-order valence-electron chi connectivity index (χ4n) is 2.60. The lowest BCUT2D eigenvalue weighted by Gasteiger charge is -2.34. The van der Waals surface area contributed by atoms with Crippen molar-refractivity contribution in [1.82, 2.24) is 9.88 Å². The fraction of sp³-hybridized carbons (Fsp3) is 0.467. The van der Waals surface area contributed by atoms with E-state index >= 15 is 0 Å². The molecule has 1 unspecified atom stereocenters. The molecule has 3 rings (SSSR count). The highest BCUT2D eigenvalue weighted by molar-refractivity contribution is 5.82. The normalized spacial score (nSPS) is 17.0. The first-order chi connectivity index (χ1) is 10.7. The molecule has 2 N–H and O–H groups in total. The SMILES string of the molecule is COCC(N)C(=O)N1CCN(c2nc3ccccc3o2)CC1. The van der Waals surface area contributed by atoms with Crippen LogP contribution < -0.4 is 10.6 Å². The van der Waals surface area contributed by atoms with Gasteiger partial charge in [0.2, 0.25) is 5.91 Å². The predicted molar refractivity (Wildman–Crippen MR) is 82.7 cm³/mol. The van der Waals surface area contributed by atoms with Crippen molar-refractivity contribution in [2.24, 2.45) is 5.73 Å². The third-order valence-electron chi connectivity index (χ3n) is 3.81. The van der Waals surface area contributed by atoms with Gasteiger partial charge in [-0.05, 0) is 12.1 Å². The average Bonchev–Trinajstić information content (AvgIpc) is 2.98. The van der Waals surface area contributed by atoms with Crippen LogP contribution in [0.2, 0.25) is 0 Å². The minimum absolute atomic E-state index is 0.0703. The number of amides is 1. The Bertz CT molecular complexity index is 616. The van der Waals surface area contributed by atoms with E-state index in [9.17, 15) is 4.79 Å². The summed E-state index contributed by atoms with van der Waals surface area (Å²) in [6.07, 6.45) is 0. The van der Waals surface area contributed by atoms with E-state index in [-0.39, 0.29) is 12.5 Å². The molecule has 1 amide bonds. The Morgan fingerprint density at radius 1 is 1.36 bits per heavy atom. The van der Waals surface area contributed by atoms with Gasteiger partial charge < -0.3 is 24.7 Å². The molecule has 0 bridgehead atoms. The number of ether oxygens (including phenoxy) is 1. The number of methoxy groups -OCH3 is 1. The minimum atomic E-state index is -0.596. The Balaban J connectivity index is 1.63. The van der Waals surface area contributed by atoms with Gasteiger partial charge >= 0.3 is 0 Å². The third kappa shape index (κ3) is 2.90. The third-order valence-corrected chi connectivity index (χ3v) is 3.81. The Hall–Kier alpha value is -2.12. The van der Waals surface area contributed by atoms with Gasteiger partial charge in [-0.1, -0.05) is 12.1 Å². The molecule has 22 heavy (non-hydrogen) atoms. The molecule has 0 radical (unpaired) electrons. The number of nitrogens with two attached hydrogens (primary N) is 1. The van der Waals surface area contributed by atoms with Gasteiger partial charge in [0.15, 0.2) is 5.58 Å². The number of fused-ring (bicyclic) bond motifs is 1. The van der Waals surface area contributed by atoms with Gasteiger partial charge in [0.05, 0.1) is 6.61 Å². The predicted octanol–water partition coefficient (Wildman–Crippen LogP) is 0.450. The number of benzene rings is 1. The highest BCUT2D eigenvalue weighted by atomic mass is 16.5. The van der Waals surface area contributed by atoms with Gasteiger partial charge in [0, 0.05) is 33.3 Å². The second-order valence-electron chi connectivity index (χ2n) is 5.34. The molecule has 2 heterocycles. The number of anilines is 1. The second-order valence-corrected chi connectivity index (χ2v) is 5.34. The summed E-state index contributed by atoms with van der Waals surface area (Å²) >= 11 is 0. The maximum atomic E-state index is 12.1. The number of para-hydroxylation sites is 2. The van der Waals surface area contributed by atoms with Crippen LogP contribution in [0.15, 0.2) is 28.7 Å². The number of piperazine rings is 1. The zero-order chi connectivity index (χ0) is 15.5. The van der Waals surface area contributed by atoms with Crippen LogP contribution in [0.5, 0.6) is 0 Å². The number of oxazole rings is 1. The van der Waals surface area contributed by atoms with Crippen LogP contribution in [0.25, 0.3) is 11.1 Å². The van der Waals surface area contributed by atoms with Gasteiger partial charge in [-0.25, -0.2) is 0 Å². The lowest BCUT2D eigenvalue weighted by atomic mass is 10.2. The molecule has 7 heteroatoms. The molecule has 7 nitrogen and oxygen atoms in total. The summed E-state index contributed by atoms with van der Waals surface area (Å²) in [7, 11) is 1.54. The van der Waals surface area contributed by atoms with Crippen molar-refractivity contribution in [3.8, 4) is 0 Å². The molecule has 1 fully saturated rings. The van der Waals surface area contributed by atoms with Crippen LogP contribution in [0, 0.1) is 0 Å². The van der Waals surface area contributed by atoms with E-state index in [2.05, 4.69) is 4.98 Å². The van der Waals surface area contributed by atoms with Crippen molar-refractivity contribution in [1.29, 1.82) is 0 Å². The Labute approximate surface area is 128 Å². The number of nitrogens with zero attached hydrogens (tertiary/aromatic N) is 3. The van der Waals surface area contributed by atoms with Crippen LogP contribution in [-0.2, 0) is 9.53 Å². The quantitative estimate of drug-likeness (QED) is 0.883. The van der Waals surface area contributed by atoms with E-state index in [1.165, 1.54) is 0 Å². The molecule has 1 atom stereocenters. The molecule has 1 aromatic carbocycles. The van der Waals surface area contributed by atoms with Crippen molar-refractivity contribution in [2.45, 2.75) is 6.04 Å². The summed E-state index contributed by atoms with van der Waals surface area (Å²) in [6.45, 7) is 2.81. The summed E-state index contributed by atoms with van der Waals surface area (Å²) in [5, 5.41) is 0. The van der Waals surface area contributed by atoms with Crippen LogP contribution >= 0.6 is 0 Å². The van der Waals surface area contributed by atoms with Gasteiger partial charge in [-0.2, -0.15) is 4.98 Å². The van der Waals surface area contributed by atoms with E-state index < -0.39 is 6.04 Å². The summed E-state index contributed by atoms with van der Waals surface area (Å²) in [5.74, 6) is -0.0703. The van der Waals surface area contributed by atoms with E-state index in [4.69, 9.17) is 14.9 Å². The van der Waals surface area contributed by atoms with Crippen molar-refractivity contribution in [3.63, 3.8) is 0 Å². The van der Waals surface area contributed by atoms with Crippen LogP contribution in [0.3, 0.4) is 0 Å². The zero-order valence-corrected chi connectivity index (χ0v) is 12.6. The topological polar surface area (TPSA) is 84.8 Å². The number of rotatable bonds is 4. The maximum absolute atomic E-state index is 12.1. The fourth-order valence-corrected chi connectivity index (χ4v) is 2.60. The number of carbonyl (C=O) groups excluding carboxylic acids is 1. The van der Waals surface area contributed by atoms with Crippen LogP contribution in [-0.4, -0.2) is 61.7 Å². The smallest absolute Gasteiger partial charge is 0.298 e. The summed E-state index contributed by atoms with van der Waals surface area (Å²) in [4.78, 5) is 20.4. The van der Waals surface area contributed by atoms with Gasteiger partial charge in [0.25, 0.3) is 6.01 Å². The Morgan fingerprint density at radius 3 is 2.77 bits per heavy atom. The van der Waals surface area contributed by atoms with E-state index in [0.29, 0.717) is 32.2 Å².